The van der Waals surface area contributed by atoms with E-state index in [1.165, 1.54) is 5.56 Å². The Morgan fingerprint density at radius 3 is 2.50 bits per heavy atom. The molecule has 0 saturated heterocycles. The molecule has 2 N–H and O–H groups in total. The molecule has 0 aromatic heterocycles. The summed E-state index contributed by atoms with van der Waals surface area (Å²) in [6.07, 6.45) is 0. The third-order valence-corrected chi connectivity index (χ3v) is 3.48. The Morgan fingerprint density at radius 2 is 1.80 bits per heavy atom. The summed E-state index contributed by atoms with van der Waals surface area (Å²) in [6, 6.07) is 13.3. The molecule has 0 radical (unpaired) electrons. The van der Waals surface area contributed by atoms with E-state index in [0.717, 1.165) is 11.3 Å². The monoisotopic (exact) mass is 289 g/mol. The van der Waals surface area contributed by atoms with Crippen LogP contribution in [0.4, 0.5) is 5.69 Å². The zero-order chi connectivity index (χ0) is 14.8. The predicted octanol–water partition coefficient (Wildman–Crippen LogP) is 4.96. The van der Waals surface area contributed by atoms with Gasteiger partial charge >= 0.3 is 0 Å². The summed E-state index contributed by atoms with van der Waals surface area (Å²) < 4.78 is 0. The van der Waals surface area contributed by atoms with Gasteiger partial charge in [0.05, 0.1) is 0 Å². The molecule has 3 heteroatoms. The number of halogens is 1. The van der Waals surface area contributed by atoms with Crippen molar-refractivity contribution in [2.24, 2.45) is 0 Å². The van der Waals surface area contributed by atoms with Crippen LogP contribution in [0.15, 0.2) is 42.5 Å². The van der Waals surface area contributed by atoms with Gasteiger partial charge in [-0.15, -0.1) is 0 Å². The molecule has 0 heterocycles. The number of hydrogen-bond acceptors (Lipinski definition) is 2. The van der Waals surface area contributed by atoms with Crippen LogP contribution in [-0.4, -0.2) is 5.11 Å². The molecule has 0 amide bonds. The lowest BCUT2D eigenvalue weighted by molar-refractivity contribution is 0.469. The summed E-state index contributed by atoms with van der Waals surface area (Å²) in [4.78, 5) is 0. The first kappa shape index (κ1) is 14.7. The Bertz CT molecular complexity index is 602. The van der Waals surface area contributed by atoms with Crippen LogP contribution in [-0.2, 0) is 12.0 Å². The highest BCUT2D eigenvalue weighted by Gasteiger charge is 2.17. The van der Waals surface area contributed by atoms with Crippen LogP contribution in [0.5, 0.6) is 5.75 Å². The lowest BCUT2D eigenvalue weighted by Crippen LogP contribution is -2.14. The van der Waals surface area contributed by atoms with Crippen molar-refractivity contribution in [1.82, 2.24) is 0 Å². The Balaban J connectivity index is 2.21. The van der Waals surface area contributed by atoms with Gasteiger partial charge in [0, 0.05) is 22.8 Å². The summed E-state index contributed by atoms with van der Waals surface area (Å²) in [6.45, 7) is 7.10. The van der Waals surface area contributed by atoms with Crippen molar-refractivity contribution in [1.29, 1.82) is 0 Å². The average Bonchev–Trinajstić information content (AvgIpc) is 2.39. The van der Waals surface area contributed by atoms with Crippen molar-refractivity contribution in [3.8, 4) is 5.75 Å². The van der Waals surface area contributed by atoms with Crippen molar-refractivity contribution in [3.05, 3.63) is 58.6 Å². The smallest absolute Gasteiger partial charge is 0.120 e. The normalized spacial score (nSPS) is 11.4. The molecular weight excluding hydrogens is 270 g/mol. The zero-order valence-corrected chi connectivity index (χ0v) is 12.8. The van der Waals surface area contributed by atoms with Crippen molar-refractivity contribution in [3.63, 3.8) is 0 Å². The summed E-state index contributed by atoms with van der Waals surface area (Å²) in [7, 11) is 0. The van der Waals surface area contributed by atoms with Gasteiger partial charge in [0.15, 0.2) is 0 Å². The van der Waals surface area contributed by atoms with Gasteiger partial charge in [-0.05, 0) is 35.2 Å². The Morgan fingerprint density at radius 1 is 1.10 bits per heavy atom. The first-order valence-corrected chi connectivity index (χ1v) is 7.06. The van der Waals surface area contributed by atoms with E-state index in [4.69, 9.17) is 11.6 Å². The molecule has 0 aliphatic heterocycles. The van der Waals surface area contributed by atoms with Gasteiger partial charge < -0.3 is 10.4 Å². The minimum atomic E-state index is 0.0694. The number of anilines is 1. The lowest BCUT2D eigenvalue weighted by atomic mass is 9.86. The van der Waals surface area contributed by atoms with E-state index >= 15 is 0 Å². The largest absolute Gasteiger partial charge is 0.508 e. The fraction of sp³-hybridized carbons (Fsp3) is 0.294. The molecule has 0 saturated carbocycles. The van der Waals surface area contributed by atoms with Gasteiger partial charge in [0.1, 0.15) is 5.75 Å². The maximum absolute atomic E-state index is 9.84. The third-order valence-electron chi connectivity index (χ3n) is 3.25. The number of aromatic hydroxyl groups is 1. The van der Waals surface area contributed by atoms with Crippen LogP contribution >= 0.6 is 11.6 Å². The first-order chi connectivity index (χ1) is 9.38. The number of phenols is 1. The number of phenolic OH excluding ortho intramolecular Hbond substituents is 1. The van der Waals surface area contributed by atoms with Crippen molar-refractivity contribution < 1.29 is 5.11 Å². The maximum atomic E-state index is 9.84. The maximum Gasteiger partial charge on any atom is 0.120 e. The van der Waals surface area contributed by atoms with E-state index in [0.29, 0.717) is 11.6 Å². The molecule has 2 nitrogen and oxygen atoms in total. The molecule has 0 bridgehead atoms. The molecule has 0 fully saturated rings. The molecule has 20 heavy (non-hydrogen) atoms. The second-order valence-electron chi connectivity index (χ2n) is 5.92. The van der Waals surface area contributed by atoms with Gasteiger partial charge in [0.2, 0.25) is 0 Å². The van der Waals surface area contributed by atoms with Crippen molar-refractivity contribution >= 4 is 17.3 Å². The van der Waals surface area contributed by atoms with Gasteiger partial charge in [-0.25, -0.2) is 0 Å². The molecule has 0 aliphatic rings. The highest BCUT2D eigenvalue weighted by molar-refractivity contribution is 6.30. The number of rotatable bonds is 3. The van der Waals surface area contributed by atoms with Crippen LogP contribution in [0.2, 0.25) is 5.02 Å². The molecule has 106 valence electrons. The molecule has 0 spiro atoms. The molecule has 2 rings (SSSR count). The third kappa shape index (κ3) is 3.45. The SMILES string of the molecule is CC(C)(C)c1ccccc1NCc1cc(Cl)ccc1O. The molecular formula is C17H20ClNO. The lowest BCUT2D eigenvalue weighted by Gasteiger charge is -2.23. The number of para-hydroxylation sites is 1. The van der Waals surface area contributed by atoms with E-state index < -0.39 is 0 Å². The van der Waals surface area contributed by atoms with Crippen LogP contribution in [0.1, 0.15) is 31.9 Å². The van der Waals surface area contributed by atoms with Gasteiger partial charge in [-0.2, -0.15) is 0 Å². The summed E-state index contributed by atoms with van der Waals surface area (Å²) in [5, 5.41) is 13.9. The van der Waals surface area contributed by atoms with Crippen molar-refractivity contribution in [2.45, 2.75) is 32.7 Å². The standard InChI is InChI=1S/C17H20ClNO/c1-17(2,3)14-6-4-5-7-15(14)19-11-12-10-13(18)8-9-16(12)20/h4-10,19-20H,11H2,1-3H3. The Labute approximate surface area is 125 Å². The van der Waals surface area contributed by atoms with Crippen LogP contribution in [0, 0.1) is 0 Å². The molecule has 0 aliphatic carbocycles. The molecule has 0 atom stereocenters. The topological polar surface area (TPSA) is 32.3 Å². The molecule has 2 aromatic carbocycles. The number of benzene rings is 2. The average molecular weight is 290 g/mol. The number of nitrogens with one attached hydrogen (secondary N) is 1. The fourth-order valence-corrected chi connectivity index (χ4v) is 2.37. The van der Waals surface area contributed by atoms with Gasteiger partial charge in [0.25, 0.3) is 0 Å². The summed E-state index contributed by atoms with van der Waals surface area (Å²) >= 11 is 5.96. The van der Waals surface area contributed by atoms with Crippen molar-refractivity contribution in [2.75, 3.05) is 5.32 Å². The van der Waals surface area contributed by atoms with Gasteiger partial charge in [-0.3, -0.25) is 0 Å². The molecule has 0 unspecified atom stereocenters. The van der Waals surface area contributed by atoms with Crippen LogP contribution < -0.4 is 5.32 Å². The quantitative estimate of drug-likeness (QED) is 0.837. The Hall–Kier alpha value is -1.67. The highest BCUT2D eigenvalue weighted by Crippen LogP contribution is 2.30. The summed E-state index contributed by atoms with van der Waals surface area (Å²) in [5.74, 6) is 0.259. The van der Waals surface area contributed by atoms with E-state index in [1.807, 2.05) is 12.1 Å². The summed E-state index contributed by atoms with van der Waals surface area (Å²) in [5.41, 5.74) is 3.20. The fourth-order valence-electron chi connectivity index (χ4n) is 2.18. The van der Waals surface area contributed by atoms with E-state index in [1.54, 1.807) is 18.2 Å². The number of hydrogen-bond donors (Lipinski definition) is 2. The van der Waals surface area contributed by atoms with E-state index in [-0.39, 0.29) is 11.2 Å². The van der Waals surface area contributed by atoms with Crippen LogP contribution in [0.25, 0.3) is 0 Å². The second-order valence-corrected chi connectivity index (χ2v) is 6.36. The minimum Gasteiger partial charge on any atom is -0.508 e. The first-order valence-electron chi connectivity index (χ1n) is 6.69. The predicted molar refractivity (Wildman–Crippen MR) is 85.6 cm³/mol. The zero-order valence-electron chi connectivity index (χ0n) is 12.1. The highest BCUT2D eigenvalue weighted by atomic mass is 35.5. The molecule has 2 aromatic rings. The van der Waals surface area contributed by atoms with Crippen LogP contribution in [0.3, 0.4) is 0 Å². The second kappa shape index (κ2) is 5.76. The van der Waals surface area contributed by atoms with E-state index in [9.17, 15) is 5.11 Å². The Kier molecular flexibility index (Phi) is 4.24. The minimum absolute atomic E-state index is 0.0694. The van der Waals surface area contributed by atoms with E-state index in [2.05, 4.69) is 38.2 Å². The van der Waals surface area contributed by atoms with Gasteiger partial charge in [-0.1, -0.05) is 50.6 Å².